The van der Waals surface area contributed by atoms with Gasteiger partial charge in [-0.3, -0.25) is 0 Å². The number of carbonyl (C=O) groups is 1. The van der Waals surface area contributed by atoms with Crippen molar-refractivity contribution in [3.05, 3.63) is 59.7 Å². The molecule has 0 spiro atoms. The lowest BCUT2D eigenvalue weighted by atomic mass is 10.2. The van der Waals surface area contributed by atoms with Gasteiger partial charge in [0.05, 0.1) is 5.56 Å². The van der Waals surface area contributed by atoms with Crippen molar-refractivity contribution in [2.24, 2.45) is 0 Å². The van der Waals surface area contributed by atoms with Crippen LogP contribution in [0, 0.1) is 0 Å². The number of esters is 1. The third-order valence-electron chi connectivity index (χ3n) is 2.75. The van der Waals surface area contributed by atoms with Crippen LogP contribution in [-0.2, 0) is 4.74 Å². The van der Waals surface area contributed by atoms with Crippen molar-refractivity contribution in [2.75, 3.05) is 0 Å². The topological polar surface area (TPSA) is 46.5 Å². The van der Waals surface area contributed by atoms with Gasteiger partial charge in [-0.05, 0) is 18.2 Å². The van der Waals surface area contributed by atoms with Crippen molar-refractivity contribution in [1.82, 2.24) is 0 Å². The van der Waals surface area contributed by atoms with Crippen LogP contribution in [0.15, 0.2) is 53.4 Å². The Labute approximate surface area is 108 Å². The SMILES string of the molecule is O=C1OC(c2ccccc2O)Sc2ccccc21. The van der Waals surface area contributed by atoms with Crippen molar-refractivity contribution in [1.29, 1.82) is 0 Å². The summed E-state index contributed by atoms with van der Waals surface area (Å²) < 4.78 is 5.34. The largest absolute Gasteiger partial charge is 0.507 e. The maximum Gasteiger partial charge on any atom is 0.340 e. The first-order chi connectivity index (χ1) is 8.75. The maximum atomic E-state index is 11.9. The second kappa shape index (κ2) is 4.38. The van der Waals surface area contributed by atoms with Crippen molar-refractivity contribution in [3.8, 4) is 5.75 Å². The molecule has 0 amide bonds. The highest BCUT2D eigenvalue weighted by Crippen LogP contribution is 2.44. The summed E-state index contributed by atoms with van der Waals surface area (Å²) in [4.78, 5) is 12.7. The lowest BCUT2D eigenvalue weighted by Gasteiger charge is -2.24. The van der Waals surface area contributed by atoms with Gasteiger partial charge < -0.3 is 9.84 Å². The van der Waals surface area contributed by atoms with Gasteiger partial charge in [-0.25, -0.2) is 4.79 Å². The van der Waals surface area contributed by atoms with Crippen LogP contribution in [0.25, 0.3) is 0 Å². The van der Waals surface area contributed by atoms with Crippen LogP contribution in [0.3, 0.4) is 0 Å². The quantitative estimate of drug-likeness (QED) is 0.797. The summed E-state index contributed by atoms with van der Waals surface area (Å²) in [7, 11) is 0. The summed E-state index contributed by atoms with van der Waals surface area (Å²) >= 11 is 1.42. The van der Waals surface area contributed by atoms with Crippen molar-refractivity contribution in [2.45, 2.75) is 10.3 Å². The molecule has 2 aromatic carbocycles. The fourth-order valence-corrected chi connectivity index (χ4v) is 2.98. The van der Waals surface area contributed by atoms with E-state index in [2.05, 4.69) is 0 Å². The number of benzene rings is 2. The lowest BCUT2D eigenvalue weighted by molar-refractivity contribution is 0.0437. The second-order valence-electron chi connectivity index (χ2n) is 3.91. The molecule has 1 heterocycles. The van der Waals surface area contributed by atoms with Crippen LogP contribution in [0.5, 0.6) is 5.75 Å². The number of phenolic OH excluding ortho intramolecular Hbond substituents is 1. The van der Waals surface area contributed by atoms with E-state index in [1.54, 1.807) is 30.3 Å². The second-order valence-corrected chi connectivity index (χ2v) is 5.01. The average molecular weight is 258 g/mol. The molecule has 0 bridgehead atoms. The average Bonchev–Trinajstić information content (AvgIpc) is 2.39. The molecule has 0 aliphatic carbocycles. The normalized spacial score (nSPS) is 18.0. The zero-order valence-electron chi connectivity index (χ0n) is 9.37. The van der Waals surface area contributed by atoms with E-state index in [0.717, 1.165) is 4.90 Å². The van der Waals surface area contributed by atoms with Crippen LogP contribution >= 0.6 is 11.8 Å². The molecular formula is C14H10O3S. The molecule has 0 fully saturated rings. The molecule has 18 heavy (non-hydrogen) atoms. The number of hydrogen-bond donors (Lipinski definition) is 1. The first kappa shape index (κ1) is 11.2. The number of para-hydroxylation sites is 1. The zero-order chi connectivity index (χ0) is 12.5. The number of carbonyl (C=O) groups excluding carboxylic acids is 1. The molecule has 0 radical (unpaired) electrons. The highest BCUT2D eigenvalue weighted by Gasteiger charge is 2.29. The Morgan fingerprint density at radius 2 is 1.78 bits per heavy atom. The van der Waals surface area contributed by atoms with Crippen molar-refractivity contribution >= 4 is 17.7 Å². The first-order valence-corrected chi connectivity index (χ1v) is 6.38. The predicted octanol–water partition coefficient (Wildman–Crippen LogP) is 3.35. The number of cyclic esters (lactones) is 1. The lowest BCUT2D eigenvalue weighted by Crippen LogP contribution is -2.15. The van der Waals surface area contributed by atoms with E-state index in [4.69, 9.17) is 4.74 Å². The molecule has 2 aromatic rings. The number of rotatable bonds is 1. The van der Waals surface area contributed by atoms with Crippen molar-refractivity contribution in [3.63, 3.8) is 0 Å². The third-order valence-corrected chi connectivity index (χ3v) is 3.92. The van der Waals surface area contributed by atoms with Gasteiger partial charge in [-0.15, -0.1) is 0 Å². The molecule has 4 heteroatoms. The summed E-state index contributed by atoms with van der Waals surface area (Å²) in [5, 5.41) is 9.79. The fourth-order valence-electron chi connectivity index (χ4n) is 1.85. The van der Waals surface area contributed by atoms with E-state index in [1.165, 1.54) is 11.8 Å². The standard InChI is InChI=1S/C14H10O3S/c15-11-7-3-1-5-9(11)14-17-13(16)10-6-2-4-8-12(10)18-14/h1-8,14-15H. The van der Waals surface area contributed by atoms with Crippen LogP contribution in [-0.4, -0.2) is 11.1 Å². The van der Waals surface area contributed by atoms with Gasteiger partial charge >= 0.3 is 5.97 Å². The molecule has 1 unspecified atom stereocenters. The Morgan fingerprint density at radius 3 is 2.61 bits per heavy atom. The van der Waals surface area contributed by atoms with Crippen LogP contribution < -0.4 is 0 Å². The Hall–Kier alpha value is -1.94. The van der Waals surface area contributed by atoms with Crippen LogP contribution in [0.1, 0.15) is 21.4 Å². The maximum absolute atomic E-state index is 11.9. The number of phenols is 1. The highest BCUT2D eigenvalue weighted by molar-refractivity contribution is 7.99. The summed E-state index contributed by atoms with van der Waals surface area (Å²) in [5.74, 6) is -0.209. The van der Waals surface area contributed by atoms with E-state index in [0.29, 0.717) is 11.1 Å². The Balaban J connectivity index is 2.00. The van der Waals surface area contributed by atoms with Crippen LogP contribution in [0.4, 0.5) is 0 Å². The van der Waals surface area contributed by atoms with E-state index in [1.807, 2.05) is 18.2 Å². The van der Waals surface area contributed by atoms with Gasteiger partial charge in [-0.1, -0.05) is 42.1 Å². The summed E-state index contributed by atoms with van der Waals surface area (Å²) in [6, 6.07) is 14.2. The zero-order valence-corrected chi connectivity index (χ0v) is 10.2. The summed E-state index contributed by atoms with van der Waals surface area (Å²) in [6.07, 6.45) is 0. The molecular weight excluding hydrogens is 248 g/mol. The molecule has 1 aliphatic rings. The minimum atomic E-state index is -0.492. The van der Waals surface area contributed by atoms with Crippen molar-refractivity contribution < 1.29 is 14.6 Å². The van der Waals surface area contributed by atoms with Gasteiger partial charge in [-0.2, -0.15) is 0 Å². The minimum Gasteiger partial charge on any atom is -0.507 e. The molecule has 1 aliphatic heterocycles. The number of thioether (sulfide) groups is 1. The molecule has 3 rings (SSSR count). The molecule has 0 saturated heterocycles. The van der Waals surface area contributed by atoms with Gasteiger partial charge in [0.2, 0.25) is 0 Å². The number of hydrogen-bond acceptors (Lipinski definition) is 4. The number of fused-ring (bicyclic) bond motifs is 1. The van der Waals surface area contributed by atoms with E-state index < -0.39 is 5.44 Å². The van der Waals surface area contributed by atoms with Gasteiger partial charge in [0, 0.05) is 10.5 Å². The molecule has 1 N–H and O–H groups in total. The molecule has 0 saturated carbocycles. The minimum absolute atomic E-state index is 0.141. The Morgan fingerprint density at radius 1 is 1.06 bits per heavy atom. The fraction of sp³-hybridized carbons (Fsp3) is 0.0714. The van der Waals surface area contributed by atoms with E-state index >= 15 is 0 Å². The smallest absolute Gasteiger partial charge is 0.340 e. The molecule has 0 aromatic heterocycles. The van der Waals surface area contributed by atoms with Gasteiger partial charge in [0.1, 0.15) is 5.75 Å². The first-order valence-electron chi connectivity index (χ1n) is 5.50. The van der Waals surface area contributed by atoms with E-state index in [-0.39, 0.29) is 11.7 Å². The van der Waals surface area contributed by atoms with Gasteiger partial charge in [0.25, 0.3) is 0 Å². The van der Waals surface area contributed by atoms with Gasteiger partial charge in [0.15, 0.2) is 5.44 Å². The molecule has 1 atom stereocenters. The molecule has 3 nitrogen and oxygen atoms in total. The summed E-state index contributed by atoms with van der Waals surface area (Å²) in [5.41, 5.74) is 0.702. The highest BCUT2D eigenvalue weighted by atomic mass is 32.2. The number of ether oxygens (including phenoxy) is 1. The van der Waals surface area contributed by atoms with E-state index in [9.17, 15) is 9.90 Å². The monoisotopic (exact) mass is 258 g/mol. The van der Waals surface area contributed by atoms with Crippen LogP contribution in [0.2, 0.25) is 0 Å². The molecule has 90 valence electrons. The predicted molar refractivity (Wildman–Crippen MR) is 68.6 cm³/mol. The Bertz CT molecular complexity index is 609. The number of aromatic hydroxyl groups is 1. The summed E-state index contributed by atoms with van der Waals surface area (Å²) in [6.45, 7) is 0. The Kier molecular flexibility index (Phi) is 2.72. The third kappa shape index (κ3) is 1.84.